The molecular weight excluding hydrogens is 358 g/mol. The molecule has 2 aromatic rings. The average molecular weight is 385 g/mol. The zero-order valence-electron chi connectivity index (χ0n) is 16.4. The molecular formula is C21H27N3O4. The molecule has 0 bridgehead atoms. The molecule has 7 heteroatoms. The maximum atomic E-state index is 12.6. The number of aryl methyl sites for hydroxylation is 2. The number of rotatable bonds is 5. The molecule has 3 rings (SSSR count). The first kappa shape index (κ1) is 20.1. The summed E-state index contributed by atoms with van der Waals surface area (Å²) in [5.41, 5.74) is 0.346. The Kier molecular flexibility index (Phi) is 6.14. The third-order valence-electron chi connectivity index (χ3n) is 5.21. The van der Waals surface area contributed by atoms with Crippen LogP contribution in [0.3, 0.4) is 0 Å². The molecule has 0 aliphatic carbocycles. The van der Waals surface area contributed by atoms with Crippen molar-refractivity contribution in [3.05, 3.63) is 53.2 Å². The van der Waals surface area contributed by atoms with Crippen molar-refractivity contribution >= 4 is 11.8 Å². The van der Waals surface area contributed by atoms with Crippen LogP contribution in [-0.2, 0) is 11.2 Å². The molecule has 1 aliphatic heterocycles. The fourth-order valence-corrected chi connectivity index (χ4v) is 3.59. The minimum absolute atomic E-state index is 0.0331. The lowest BCUT2D eigenvalue weighted by atomic mass is 9.94. The van der Waals surface area contributed by atoms with Gasteiger partial charge in [-0.15, -0.1) is 0 Å². The van der Waals surface area contributed by atoms with Crippen molar-refractivity contribution in [1.29, 1.82) is 0 Å². The predicted molar refractivity (Wildman–Crippen MR) is 104 cm³/mol. The summed E-state index contributed by atoms with van der Waals surface area (Å²) in [6, 6.07) is 5.39. The van der Waals surface area contributed by atoms with Crippen LogP contribution in [0.25, 0.3) is 0 Å². The molecule has 1 fully saturated rings. The number of aromatic nitrogens is 1. The van der Waals surface area contributed by atoms with Gasteiger partial charge in [0.2, 0.25) is 5.91 Å². The molecule has 0 aromatic carbocycles. The molecule has 1 atom stereocenters. The van der Waals surface area contributed by atoms with Gasteiger partial charge in [0.05, 0.1) is 17.6 Å². The molecule has 28 heavy (non-hydrogen) atoms. The molecule has 2 aromatic heterocycles. The van der Waals surface area contributed by atoms with E-state index in [1.807, 2.05) is 12.1 Å². The van der Waals surface area contributed by atoms with Crippen LogP contribution in [0.15, 0.2) is 35.0 Å². The second-order valence-electron chi connectivity index (χ2n) is 7.51. The van der Waals surface area contributed by atoms with Gasteiger partial charge in [-0.2, -0.15) is 0 Å². The number of likely N-dealkylation sites (tertiary alicyclic amines) is 1. The average Bonchev–Trinajstić information content (AvgIpc) is 2.88. The SMILES string of the molecule is Cc1cc(C(=O)NC[C@]2(O)CCCN(C(=O)Cc3cccnc3)CC2)c(C)o1. The Hall–Kier alpha value is -2.67. The fraction of sp³-hybridized carbons (Fsp3) is 0.476. The highest BCUT2D eigenvalue weighted by Gasteiger charge is 2.32. The van der Waals surface area contributed by atoms with Gasteiger partial charge in [-0.05, 0) is 50.8 Å². The van der Waals surface area contributed by atoms with Crippen molar-refractivity contribution in [2.75, 3.05) is 19.6 Å². The van der Waals surface area contributed by atoms with E-state index in [2.05, 4.69) is 10.3 Å². The van der Waals surface area contributed by atoms with E-state index in [0.29, 0.717) is 55.9 Å². The Morgan fingerprint density at radius 3 is 2.82 bits per heavy atom. The van der Waals surface area contributed by atoms with Crippen LogP contribution in [0, 0.1) is 13.8 Å². The van der Waals surface area contributed by atoms with E-state index < -0.39 is 5.60 Å². The summed E-state index contributed by atoms with van der Waals surface area (Å²) in [6.07, 6.45) is 5.34. The number of aliphatic hydroxyl groups is 1. The molecule has 1 aliphatic rings. The number of furan rings is 1. The Balaban J connectivity index is 1.54. The minimum atomic E-state index is -1.02. The normalized spacial score (nSPS) is 19.9. The number of amides is 2. The van der Waals surface area contributed by atoms with Crippen LogP contribution in [0.2, 0.25) is 0 Å². The monoisotopic (exact) mass is 385 g/mol. The molecule has 2 N–H and O–H groups in total. The van der Waals surface area contributed by atoms with E-state index in [9.17, 15) is 14.7 Å². The lowest BCUT2D eigenvalue weighted by Crippen LogP contribution is -2.44. The smallest absolute Gasteiger partial charge is 0.254 e. The van der Waals surface area contributed by atoms with Crippen LogP contribution in [0.5, 0.6) is 0 Å². The molecule has 0 saturated carbocycles. The third-order valence-corrected chi connectivity index (χ3v) is 5.21. The summed E-state index contributed by atoms with van der Waals surface area (Å²) < 4.78 is 5.39. The molecule has 150 valence electrons. The van der Waals surface area contributed by atoms with Gasteiger partial charge >= 0.3 is 0 Å². The standard InChI is InChI=1S/C21H27N3O4/c1-15-11-18(16(2)28-15)20(26)23-14-21(27)6-4-9-24(10-7-21)19(25)12-17-5-3-8-22-13-17/h3,5,8,11,13,27H,4,6-7,9-10,12,14H2,1-2H3,(H,23,26)/t21-/m0/s1. The minimum Gasteiger partial charge on any atom is -0.466 e. The predicted octanol–water partition coefficient (Wildman–Crippen LogP) is 2.01. The summed E-state index contributed by atoms with van der Waals surface area (Å²) in [5.74, 6) is 1.02. The Labute approximate surface area is 164 Å². The maximum absolute atomic E-state index is 12.6. The summed E-state index contributed by atoms with van der Waals surface area (Å²) in [5, 5.41) is 13.7. The van der Waals surface area contributed by atoms with Gasteiger partial charge in [0.15, 0.2) is 0 Å². The quantitative estimate of drug-likeness (QED) is 0.821. The number of carbonyl (C=O) groups excluding carboxylic acids is 2. The van der Waals surface area contributed by atoms with Gasteiger partial charge in [0.1, 0.15) is 11.5 Å². The topological polar surface area (TPSA) is 95.7 Å². The highest BCUT2D eigenvalue weighted by Crippen LogP contribution is 2.23. The summed E-state index contributed by atoms with van der Waals surface area (Å²) >= 11 is 0. The van der Waals surface area contributed by atoms with Crippen molar-refractivity contribution in [2.45, 2.75) is 45.1 Å². The highest BCUT2D eigenvalue weighted by atomic mass is 16.3. The van der Waals surface area contributed by atoms with Gasteiger partial charge in [0.25, 0.3) is 5.91 Å². The van der Waals surface area contributed by atoms with Crippen molar-refractivity contribution in [2.24, 2.45) is 0 Å². The number of hydrogen-bond acceptors (Lipinski definition) is 5. The van der Waals surface area contributed by atoms with Gasteiger partial charge < -0.3 is 19.7 Å². The molecule has 0 unspecified atom stereocenters. The van der Waals surface area contributed by atoms with Crippen LogP contribution in [-0.4, -0.2) is 52.0 Å². The molecule has 3 heterocycles. The zero-order chi connectivity index (χ0) is 20.1. The van der Waals surface area contributed by atoms with Crippen molar-refractivity contribution in [1.82, 2.24) is 15.2 Å². The summed E-state index contributed by atoms with van der Waals surface area (Å²) in [4.78, 5) is 30.8. The second kappa shape index (κ2) is 8.56. The van der Waals surface area contributed by atoms with E-state index in [1.165, 1.54) is 0 Å². The number of nitrogens with one attached hydrogen (secondary N) is 1. The lowest BCUT2D eigenvalue weighted by molar-refractivity contribution is -0.130. The zero-order valence-corrected chi connectivity index (χ0v) is 16.4. The Morgan fingerprint density at radius 2 is 2.14 bits per heavy atom. The number of nitrogens with zero attached hydrogens (tertiary/aromatic N) is 2. The van der Waals surface area contributed by atoms with Crippen LogP contribution >= 0.6 is 0 Å². The van der Waals surface area contributed by atoms with Gasteiger partial charge in [-0.3, -0.25) is 14.6 Å². The first-order valence-corrected chi connectivity index (χ1v) is 9.61. The van der Waals surface area contributed by atoms with Crippen molar-refractivity contribution in [3.63, 3.8) is 0 Å². The van der Waals surface area contributed by atoms with E-state index in [-0.39, 0.29) is 18.4 Å². The summed E-state index contributed by atoms with van der Waals surface area (Å²) in [6.45, 7) is 4.76. The van der Waals surface area contributed by atoms with E-state index in [0.717, 1.165) is 5.56 Å². The first-order valence-electron chi connectivity index (χ1n) is 9.61. The van der Waals surface area contributed by atoms with Gasteiger partial charge in [-0.25, -0.2) is 0 Å². The van der Waals surface area contributed by atoms with E-state index in [4.69, 9.17) is 4.42 Å². The Bertz CT molecular complexity index is 833. The van der Waals surface area contributed by atoms with Crippen LogP contribution in [0.4, 0.5) is 0 Å². The first-order chi connectivity index (χ1) is 13.4. The lowest BCUT2D eigenvalue weighted by Gasteiger charge is -2.27. The van der Waals surface area contributed by atoms with Crippen LogP contribution < -0.4 is 5.32 Å². The number of hydrogen-bond donors (Lipinski definition) is 2. The van der Waals surface area contributed by atoms with Gasteiger partial charge in [-0.1, -0.05) is 6.07 Å². The van der Waals surface area contributed by atoms with Crippen molar-refractivity contribution < 1.29 is 19.1 Å². The molecule has 0 radical (unpaired) electrons. The highest BCUT2D eigenvalue weighted by molar-refractivity contribution is 5.95. The number of carbonyl (C=O) groups is 2. The maximum Gasteiger partial charge on any atom is 0.254 e. The molecule has 7 nitrogen and oxygen atoms in total. The fourth-order valence-electron chi connectivity index (χ4n) is 3.59. The largest absolute Gasteiger partial charge is 0.466 e. The summed E-state index contributed by atoms with van der Waals surface area (Å²) in [7, 11) is 0. The second-order valence-corrected chi connectivity index (χ2v) is 7.51. The van der Waals surface area contributed by atoms with Crippen molar-refractivity contribution in [3.8, 4) is 0 Å². The van der Waals surface area contributed by atoms with E-state index in [1.54, 1.807) is 37.2 Å². The molecule has 2 amide bonds. The number of pyridine rings is 1. The van der Waals surface area contributed by atoms with E-state index >= 15 is 0 Å². The molecule has 0 spiro atoms. The van der Waals surface area contributed by atoms with Gasteiger partial charge in [0, 0.05) is 32.0 Å². The van der Waals surface area contributed by atoms with Crippen LogP contribution in [0.1, 0.15) is 46.7 Å². The Morgan fingerprint density at radius 1 is 1.32 bits per heavy atom. The third kappa shape index (κ3) is 4.98. The molecule has 1 saturated heterocycles.